The summed E-state index contributed by atoms with van der Waals surface area (Å²) in [7, 11) is 0. The molecule has 2 aromatic rings. The van der Waals surface area contributed by atoms with Gasteiger partial charge in [-0.05, 0) is 23.0 Å². The summed E-state index contributed by atoms with van der Waals surface area (Å²) in [6.07, 6.45) is 5.54. The molecule has 0 bridgehead atoms. The van der Waals surface area contributed by atoms with Crippen LogP contribution in [-0.2, 0) is 18.5 Å². The van der Waals surface area contributed by atoms with E-state index in [-0.39, 0.29) is 5.41 Å². The fourth-order valence-electron chi connectivity index (χ4n) is 2.49. The number of rotatable bonds is 4. The molecule has 2 rings (SSSR count). The normalized spacial score (nSPS) is 11.8. The van der Waals surface area contributed by atoms with Gasteiger partial charge < -0.3 is 0 Å². The number of hydrogen-bond donors (Lipinski definition) is 0. The fraction of sp³-hybridized carbons (Fsp3) is 0.500. The van der Waals surface area contributed by atoms with Crippen molar-refractivity contribution in [3.05, 3.63) is 53.6 Å². The highest BCUT2D eigenvalue weighted by atomic mass is 15.1. The molecule has 0 amide bonds. The number of benzene rings is 1. The van der Waals surface area contributed by atoms with Gasteiger partial charge in [0.1, 0.15) is 18.9 Å². The quantitative estimate of drug-likeness (QED) is 0.747. The third-order valence-electron chi connectivity index (χ3n) is 3.90. The molecule has 108 valence electrons. The number of imidazole rings is 1. The van der Waals surface area contributed by atoms with Gasteiger partial charge in [-0.15, -0.1) is 0 Å². The van der Waals surface area contributed by atoms with E-state index in [1.165, 1.54) is 23.4 Å². The zero-order chi connectivity index (χ0) is 14.8. The van der Waals surface area contributed by atoms with Crippen LogP contribution in [0.1, 0.15) is 51.1 Å². The largest absolute Gasteiger partial charge is 0.253 e. The van der Waals surface area contributed by atoms with Gasteiger partial charge >= 0.3 is 0 Å². The van der Waals surface area contributed by atoms with Crippen molar-refractivity contribution in [1.82, 2.24) is 4.57 Å². The molecule has 0 saturated heterocycles. The second-order valence-corrected chi connectivity index (χ2v) is 6.61. The highest BCUT2D eigenvalue weighted by molar-refractivity contribution is 5.27. The zero-order valence-corrected chi connectivity index (χ0v) is 13.5. The molecule has 0 radical (unpaired) electrons. The van der Waals surface area contributed by atoms with Gasteiger partial charge in [0.25, 0.3) is 5.82 Å². The SMILES string of the molecule is CCCn1cc[n+](Cc2ccc(C(C)(C)C)cc2)c1C. The first-order valence-corrected chi connectivity index (χ1v) is 7.56. The van der Waals surface area contributed by atoms with Crippen molar-refractivity contribution in [3.63, 3.8) is 0 Å². The summed E-state index contributed by atoms with van der Waals surface area (Å²) in [6, 6.07) is 9.02. The van der Waals surface area contributed by atoms with Gasteiger partial charge in [0.2, 0.25) is 0 Å². The summed E-state index contributed by atoms with van der Waals surface area (Å²) in [6.45, 7) is 13.2. The molecule has 0 unspecified atom stereocenters. The van der Waals surface area contributed by atoms with Gasteiger partial charge in [-0.25, -0.2) is 9.13 Å². The van der Waals surface area contributed by atoms with Crippen molar-refractivity contribution in [2.45, 2.75) is 59.5 Å². The molecular weight excluding hydrogens is 244 g/mol. The molecule has 0 aliphatic heterocycles. The summed E-state index contributed by atoms with van der Waals surface area (Å²) >= 11 is 0. The average Bonchev–Trinajstić information content (AvgIpc) is 2.72. The molecule has 1 aromatic heterocycles. The molecule has 2 heteroatoms. The summed E-state index contributed by atoms with van der Waals surface area (Å²) in [5, 5.41) is 0. The third kappa shape index (κ3) is 3.30. The van der Waals surface area contributed by atoms with Crippen LogP contribution in [-0.4, -0.2) is 4.57 Å². The number of nitrogens with zero attached hydrogens (tertiary/aromatic N) is 2. The first-order chi connectivity index (χ1) is 9.41. The van der Waals surface area contributed by atoms with E-state index in [9.17, 15) is 0 Å². The van der Waals surface area contributed by atoms with Crippen molar-refractivity contribution >= 4 is 0 Å². The summed E-state index contributed by atoms with van der Waals surface area (Å²) in [4.78, 5) is 0. The number of aryl methyl sites for hydroxylation is 1. The lowest BCUT2D eigenvalue weighted by atomic mass is 9.87. The van der Waals surface area contributed by atoms with E-state index in [2.05, 4.69) is 80.4 Å². The molecule has 0 fully saturated rings. The van der Waals surface area contributed by atoms with Gasteiger partial charge in [0.15, 0.2) is 0 Å². The summed E-state index contributed by atoms with van der Waals surface area (Å²) < 4.78 is 4.64. The third-order valence-corrected chi connectivity index (χ3v) is 3.90. The molecule has 1 heterocycles. The minimum atomic E-state index is 0.228. The summed E-state index contributed by atoms with van der Waals surface area (Å²) in [5.41, 5.74) is 2.98. The van der Waals surface area contributed by atoms with E-state index in [1.54, 1.807) is 0 Å². The lowest BCUT2D eigenvalue weighted by Gasteiger charge is -2.18. The minimum absolute atomic E-state index is 0.228. The standard InChI is InChI=1S/C18H27N2/c1-6-11-19-12-13-20(15(19)2)14-16-7-9-17(10-8-16)18(3,4)5/h7-10,12-13H,6,11,14H2,1-5H3/q+1. The Morgan fingerprint density at radius 3 is 2.30 bits per heavy atom. The van der Waals surface area contributed by atoms with E-state index in [1.807, 2.05) is 0 Å². The molecule has 20 heavy (non-hydrogen) atoms. The molecule has 0 atom stereocenters. The van der Waals surface area contributed by atoms with Crippen LogP contribution in [0.2, 0.25) is 0 Å². The topological polar surface area (TPSA) is 8.81 Å². The van der Waals surface area contributed by atoms with E-state index in [0.29, 0.717) is 0 Å². The van der Waals surface area contributed by atoms with E-state index >= 15 is 0 Å². The Labute approximate surface area is 123 Å². The number of hydrogen-bond acceptors (Lipinski definition) is 0. The highest BCUT2D eigenvalue weighted by Gasteiger charge is 2.14. The monoisotopic (exact) mass is 271 g/mol. The minimum Gasteiger partial charge on any atom is -0.234 e. The second kappa shape index (κ2) is 5.82. The van der Waals surface area contributed by atoms with Crippen LogP contribution in [0.25, 0.3) is 0 Å². The Balaban J connectivity index is 2.14. The Morgan fingerprint density at radius 2 is 1.75 bits per heavy atom. The lowest BCUT2D eigenvalue weighted by Crippen LogP contribution is -2.36. The first kappa shape index (κ1) is 14.8. The van der Waals surface area contributed by atoms with Crippen molar-refractivity contribution in [2.75, 3.05) is 0 Å². The highest BCUT2D eigenvalue weighted by Crippen LogP contribution is 2.22. The van der Waals surface area contributed by atoms with Crippen molar-refractivity contribution in [3.8, 4) is 0 Å². The first-order valence-electron chi connectivity index (χ1n) is 7.56. The smallest absolute Gasteiger partial charge is 0.234 e. The van der Waals surface area contributed by atoms with Gasteiger partial charge in [-0.2, -0.15) is 0 Å². The maximum atomic E-state index is 2.32. The molecule has 0 N–H and O–H groups in total. The summed E-state index contributed by atoms with van der Waals surface area (Å²) in [5.74, 6) is 1.33. The van der Waals surface area contributed by atoms with Crippen LogP contribution >= 0.6 is 0 Å². The van der Waals surface area contributed by atoms with Crippen LogP contribution in [0, 0.1) is 6.92 Å². The molecule has 0 aliphatic rings. The van der Waals surface area contributed by atoms with Gasteiger partial charge in [0.05, 0.1) is 6.54 Å². The van der Waals surface area contributed by atoms with E-state index < -0.39 is 0 Å². The van der Waals surface area contributed by atoms with Crippen molar-refractivity contribution in [1.29, 1.82) is 0 Å². The fourth-order valence-corrected chi connectivity index (χ4v) is 2.49. The Kier molecular flexibility index (Phi) is 4.32. The average molecular weight is 271 g/mol. The Hall–Kier alpha value is -1.57. The zero-order valence-electron chi connectivity index (χ0n) is 13.5. The van der Waals surface area contributed by atoms with Crippen LogP contribution in [0.15, 0.2) is 36.7 Å². The molecule has 1 aromatic carbocycles. The van der Waals surface area contributed by atoms with Crippen LogP contribution in [0.4, 0.5) is 0 Å². The molecule has 0 aliphatic carbocycles. The Morgan fingerprint density at radius 1 is 1.10 bits per heavy atom. The predicted molar refractivity (Wildman–Crippen MR) is 83.9 cm³/mol. The molecule has 0 spiro atoms. The van der Waals surface area contributed by atoms with E-state index in [4.69, 9.17) is 0 Å². The van der Waals surface area contributed by atoms with E-state index in [0.717, 1.165) is 13.1 Å². The second-order valence-electron chi connectivity index (χ2n) is 6.61. The van der Waals surface area contributed by atoms with Crippen LogP contribution in [0.5, 0.6) is 0 Å². The molecule has 2 nitrogen and oxygen atoms in total. The van der Waals surface area contributed by atoms with Crippen LogP contribution in [0.3, 0.4) is 0 Å². The van der Waals surface area contributed by atoms with Crippen molar-refractivity contribution < 1.29 is 4.57 Å². The van der Waals surface area contributed by atoms with Gasteiger partial charge in [-0.1, -0.05) is 52.0 Å². The van der Waals surface area contributed by atoms with Gasteiger partial charge in [0, 0.05) is 6.92 Å². The maximum Gasteiger partial charge on any atom is 0.253 e. The Bertz CT molecular complexity index is 556. The number of aromatic nitrogens is 2. The maximum absolute atomic E-state index is 2.32. The lowest BCUT2D eigenvalue weighted by molar-refractivity contribution is -0.694. The predicted octanol–water partition coefficient (Wildman–Crippen LogP) is 3.84. The van der Waals surface area contributed by atoms with Crippen LogP contribution < -0.4 is 4.57 Å². The molecular formula is C18H27N2+. The molecule has 0 saturated carbocycles. The van der Waals surface area contributed by atoms with Crippen molar-refractivity contribution in [2.24, 2.45) is 0 Å². The van der Waals surface area contributed by atoms with Gasteiger partial charge in [-0.3, -0.25) is 0 Å².